The van der Waals surface area contributed by atoms with Gasteiger partial charge in [-0.1, -0.05) is 12.8 Å². The van der Waals surface area contributed by atoms with E-state index in [1.165, 1.54) is 6.20 Å². The van der Waals surface area contributed by atoms with Gasteiger partial charge in [0.05, 0.1) is 11.0 Å². The third-order valence-corrected chi connectivity index (χ3v) is 3.69. The van der Waals surface area contributed by atoms with Crippen molar-refractivity contribution in [2.45, 2.75) is 38.7 Å². The third-order valence-electron chi connectivity index (χ3n) is 3.69. The number of hydrogen-bond acceptors (Lipinski definition) is 5. The summed E-state index contributed by atoms with van der Waals surface area (Å²) in [4.78, 5) is 14.3. The maximum absolute atomic E-state index is 10.7. The predicted molar refractivity (Wildman–Crippen MR) is 72.1 cm³/mol. The van der Waals surface area contributed by atoms with Gasteiger partial charge in [0.2, 0.25) is 0 Å². The van der Waals surface area contributed by atoms with Gasteiger partial charge < -0.3 is 10.4 Å². The lowest BCUT2D eigenvalue weighted by Gasteiger charge is -2.27. The summed E-state index contributed by atoms with van der Waals surface area (Å²) >= 11 is 0. The number of nitrogens with zero attached hydrogens (tertiary/aromatic N) is 2. The summed E-state index contributed by atoms with van der Waals surface area (Å²) < 4.78 is 0. The van der Waals surface area contributed by atoms with Gasteiger partial charge in [-0.3, -0.25) is 10.1 Å². The average molecular weight is 265 g/mol. The van der Waals surface area contributed by atoms with E-state index in [0.29, 0.717) is 17.9 Å². The minimum Gasteiger partial charge on any atom is -0.393 e. The standard InChI is InChI=1S/C13H19N3O3/c1-9-6-13(15-8-11(9)16(18)19)14-7-10-4-2-3-5-12(10)17/h6,8,10,12,17H,2-5,7H2,1H3,(H,14,15). The molecule has 104 valence electrons. The molecular weight excluding hydrogens is 246 g/mol. The van der Waals surface area contributed by atoms with Crippen molar-refractivity contribution in [1.82, 2.24) is 4.98 Å². The molecule has 1 heterocycles. The Morgan fingerprint density at radius 2 is 2.26 bits per heavy atom. The number of aromatic nitrogens is 1. The van der Waals surface area contributed by atoms with Gasteiger partial charge in [0.15, 0.2) is 0 Å². The van der Waals surface area contributed by atoms with Crippen molar-refractivity contribution in [1.29, 1.82) is 0 Å². The summed E-state index contributed by atoms with van der Waals surface area (Å²) in [7, 11) is 0. The number of aliphatic hydroxyl groups excluding tert-OH is 1. The van der Waals surface area contributed by atoms with E-state index in [0.717, 1.165) is 25.7 Å². The van der Waals surface area contributed by atoms with E-state index in [-0.39, 0.29) is 17.7 Å². The second kappa shape index (κ2) is 5.97. The quantitative estimate of drug-likeness (QED) is 0.644. The molecule has 0 radical (unpaired) electrons. The minimum atomic E-state index is -0.434. The lowest BCUT2D eigenvalue weighted by Crippen LogP contribution is -2.30. The van der Waals surface area contributed by atoms with E-state index >= 15 is 0 Å². The zero-order valence-electron chi connectivity index (χ0n) is 11.0. The maximum atomic E-state index is 10.7. The number of pyridine rings is 1. The zero-order valence-corrected chi connectivity index (χ0v) is 11.0. The number of anilines is 1. The number of rotatable bonds is 4. The Hall–Kier alpha value is -1.69. The first-order valence-electron chi connectivity index (χ1n) is 6.61. The topological polar surface area (TPSA) is 88.3 Å². The fourth-order valence-electron chi connectivity index (χ4n) is 2.50. The Labute approximate surface area is 112 Å². The van der Waals surface area contributed by atoms with Gasteiger partial charge in [-0.15, -0.1) is 0 Å². The van der Waals surface area contributed by atoms with Crippen LogP contribution < -0.4 is 5.32 Å². The van der Waals surface area contributed by atoms with E-state index in [2.05, 4.69) is 10.3 Å². The molecule has 1 fully saturated rings. The van der Waals surface area contributed by atoms with E-state index in [9.17, 15) is 15.2 Å². The van der Waals surface area contributed by atoms with Crippen LogP contribution >= 0.6 is 0 Å². The first kappa shape index (κ1) is 13.7. The first-order valence-corrected chi connectivity index (χ1v) is 6.61. The van der Waals surface area contributed by atoms with Crippen LogP contribution in [0.1, 0.15) is 31.2 Å². The average Bonchev–Trinajstić information content (AvgIpc) is 2.37. The molecule has 6 nitrogen and oxygen atoms in total. The molecule has 6 heteroatoms. The molecule has 1 aromatic rings. The Morgan fingerprint density at radius 1 is 1.53 bits per heavy atom. The predicted octanol–water partition coefficient (Wildman–Crippen LogP) is 2.26. The van der Waals surface area contributed by atoms with Crippen molar-refractivity contribution in [3.63, 3.8) is 0 Å². The smallest absolute Gasteiger partial charge is 0.290 e. The van der Waals surface area contributed by atoms with Crippen LogP contribution in [-0.2, 0) is 0 Å². The molecule has 1 saturated carbocycles. The van der Waals surface area contributed by atoms with Gasteiger partial charge in [-0.05, 0) is 25.8 Å². The SMILES string of the molecule is Cc1cc(NCC2CCCCC2O)ncc1[N+](=O)[O-]. The summed E-state index contributed by atoms with van der Waals surface area (Å²) in [6.45, 7) is 2.35. The Morgan fingerprint density at radius 3 is 2.89 bits per heavy atom. The van der Waals surface area contributed by atoms with Gasteiger partial charge in [0.1, 0.15) is 12.0 Å². The fourth-order valence-corrected chi connectivity index (χ4v) is 2.50. The second-order valence-corrected chi connectivity index (χ2v) is 5.11. The van der Waals surface area contributed by atoms with Crippen molar-refractivity contribution in [3.05, 3.63) is 27.9 Å². The van der Waals surface area contributed by atoms with Crippen molar-refractivity contribution < 1.29 is 10.0 Å². The minimum absolute atomic E-state index is 0.0308. The van der Waals surface area contributed by atoms with Crippen LogP contribution in [0.4, 0.5) is 11.5 Å². The molecule has 2 N–H and O–H groups in total. The highest BCUT2D eigenvalue weighted by atomic mass is 16.6. The van der Waals surface area contributed by atoms with Crippen LogP contribution in [0.2, 0.25) is 0 Å². The molecule has 0 amide bonds. The highest BCUT2D eigenvalue weighted by Gasteiger charge is 2.22. The first-order chi connectivity index (χ1) is 9.08. The molecule has 1 aliphatic rings. The highest BCUT2D eigenvalue weighted by Crippen LogP contribution is 2.25. The monoisotopic (exact) mass is 265 g/mol. The van der Waals surface area contributed by atoms with Crippen molar-refractivity contribution in [3.8, 4) is 0 Å². The van der Waals surface area contributed by atoms with Gasteiger partial charge in [0.25, 0.3) is 5.69 Å². The van der Waals surface area contributed by atoms with E-state index in [1.54, 1.807) is 13.0 Å². The molecule has 0 saturated heterocycles. The molecule has 0 spiro atoms. The molecule has 0 aliphatic heterocycles. The van der Waals surface area contributed by atoms with Crippen LogP contribution in [0.15, 0.2) is 12.3 Å². The number of aryl methyl sites for hydroxylation is 1. The largest absolute Gasteiger partial charge is 0.393 e. The van der Waals surface area contributed by atoms with Gasteiger partial charge >= 0.3 is 0 Å². The van der Waals surface area contributed by atoms with Crippen molar-refractivity contribution in [2.75, 3.05) is 11.9 Å². The molecule has 1 aromatic heterocycles. The van der Waals surface area contributed by atoms with Crippen LogP contribution in [0.3, 0.4) is 0 Å². The Balaban J connectivity index is 1.96. The van der Waals surface area contributed by atoms with Crippen LogP contribution in [0.5, 0.6) is 0 Å². The second-order valence-electron chi connectivity index (χ2n) is 5.11. The number of nitrogens with one attached hydrogen (secondary N) is 1. The van der Waals surface area contributed by atoms with Gasteiger partial charge in [-0.25, -0.2) is 4.98 Å². The van der Waals surface area contributed by atoms with E-state index in [1.807, 2.05) is 0 Å². The zero-order chi connectivity index (χ0) is 13.8. The number of aliphatic hydroxyl groups is 1. The summed E-state index contributed by atoms with van der Waals surface area (Å²) in [6, 6.07) is 1.67. The van der Waals surface area contributed by atoms with Crippen LogP contribution in [0.25, 0.3) is 0 Å². The molecular formula is C13H19N3O3. The normalized spacial score (nSPS) is 23.1. The van der Waals surface area contributed by atoms with Gasteiger partial charge in [0, 0.05) is 18.0 Å². The molecule has 2 rings (SSSR count). The molecule has 0 bridgehead atoms. The Kier molecular flexibility index (Phi) is 4.31. The molecule has 0 aromatic carbocycles. The molecule has 19 heavy (non-hydrogen) atoms. The lowest BCUT2D eigenvalue weighted by molar-refractivity contribution is -0.385. The maximum Gasteiger partial charge on any atom is 0.290 e. The Bertz CT molecular complexity index is 464. The fraction of sp³-hybridized carbons (Fsp3) is 0.615. The highest BCUT2D eigenvalue weighted by molar-refractivity contribution is 5.46. The summed E-state index contributed by atoms with van der Waals surface area (Å²) in [5, 5.41) is 23.7. The van der Waals surface area contributed by atoms with Crippen LogP contribution in [0, 0.1) is 23.0 Å². The summed E-state index contributed by atoms with van der Waals surface area (Å²) in [5.41, 5.74) is 0.620. The summed E-state index contributed by atoms with van der Waals surface area (Å²) in [5.74, 6) is 0.868. The van der Waals surface area contributed by atoms with Gasteiger partial charge in [-0.2, -0.15) is 0 Å². The molecule has 2 unspecified atom stereocenters. The van der Waals surface area contributed by atoms with E-state index in [4.69, 9.17) is 0 Å². The number of nitro groups is 1. The van der Waals surface area contributed by atoms with E-state index < -0.39 is 4.92 Å². The third kappa shape index (κ3) is 3.41. The molecule has 2 atom stereocenters. The number of hydrogen-bond donors (Lipinski definition) is 2. The lowest BCUT2D eigenvalue weighted by atomic mass is 9.86. The van der Waals surface area contributed by atoms with Crippen LogP contribution in [-0.4, -0.2) is 27.7 Å². The summed E-state index contributed by atoms with van der Waals surface area (Å²) in [6.07, 6.45) is 5.14. The molecule has 1 aliphatic carbocycles. The van der Waals surface area contributed by atoms with Crippen molar-refractivity contribution >= 4 is 11.5 Å². The van der Waals surface area contributed by atoms with Crippen molar-refractivity contribution in [2.24, 2.45) is 5.92 Å².